The summed E-state index contributed by atoms with van der Waals surface area (Å²) in [6.45, 7) is 6.65. The third kappa shape index (κ3) is 4.13. The molecule has 4 aromatic rings. The first-order valence-electron chi connectivity index (χ1n) is 11.0. The van der Waals surface area contributed by atoms with E-state index in [2.05, 4.69) is 56.3 Å². The molecule has 1 aliphatic rings. The summed E-state index contributed by atoms with van der Waals surface area (Å²) < 4.78 is 1.56. The van der Waals surface area contributed by atoms with Crippen LogP contribution in [0.2, 0.25) is 5.02 Å². The van der Waals surface area contributed by atoms with E-state index in [-0.39, 0.29) is 11.9 Å². The molecule has 3 heterocycles. The van der Waals surface area contributed by atoms with Crippen LogP contribution in [0.5, 0.6) is 5.88 Å². The van der Waals surface area contributed by atoms with Gasteiger partial charge in [0.1, 0.15) is 0 Å². The van der Waals surface area contributed by atoms with Crippen LogP contribution < -0.4 is 0 Å². The minimum atomic E-state index is -0.138. The highest BCUT2D eigenvalue weighted by molar-refractivity contribution is 7.17. The molecule has 0 aliphatic carbocycles. The largest absolute Gasteiger partial charge is 0.492 e. The second-order valence-electron chi connectivity index (χ2n) is 8.09. The standard InChI is InChI=1S/C24H26ClN5OS/c1-2-20-26-24-30(27-20)23(31)22(32-24)21(18-10-6-7-11-19(18)25)29-14-12-28(13-15-29)16-17-8-4-3-5-9-17/h3-11,21,31H,2,12-16H2,1H3. The molecule has 32 heavy (non-hydrogen) atoms. The molecule has 1 N–H and O–H groups in total. The van der Waals surface area contributed by atoms with Gasteiger partial charge in [0.25, 0.3) is 0 Å². The summed E-state index contributed by atoms with van der Waals surface area (Å²) in [7, 11) is 0. The highest BCUT2D eigenvalue weighted by Crippen LogP contribution is 2.42. The Morgan fingerprint density at radius 1 is 1.03 bits per heavy atom. The van der Waals surface area contributed by atoms with Gasteiger partial charge in [-0.05, 0) is 17.2 Å². The summed E-state index contributed by atoms with van der Waals surface area (Å²) in [6, 6.07) is 18.4. The van der Waals surface area contributed by atoms with E-state index in [1.807, 2.05) is 25.1 Å². The Morgan fingerprint density at radius 2 is 1.75 bits per heavy atom. The Labute approximate surface area is 196 Å². The first-order valence-corrected chi connectivity index (χ1v) is 12.2. The molecule has 6 nitrogen and oxygen atoms in total. The van der Waals surface area contributed by atoms with Crippen LogP contribution in [0, 0.1) is 0 Å². The molecule has 2 aromatic heterocycles. The molecule has 0 radical (unpaired) electrons. The number of aromatic hydroxyl groups is 1. The van der Waals surface area contributed by atoms with Crippen molar-refractivity contribution in [3.63, 3.8) is 0 Å². The van der Waals surface area contributed by atoms with Gasteiger partial charge < -0.3 is 5.11 Å². The van der Waals surface area contributed by atoms with Gasteiger partial charge in [-0.25, -0.2) is 4.98 Å². The average molecular weight is 468 g/mol. The highest BCUT2D eigenvalue weighted by Gasteiger charge is 2.32. The molecule has 0 bridgehead atoms. The van der Waals surface area contributed by atoms with Crippen molar-refractivity contribution in [3.8, 4) is 5.88 Å². The zero-order valence-corrected chi connectivity index (χ0v) is 19.6. The predicted molar refractivity (Wildman–Crippen MR) is 128 cm³/mol. The summed E-state index contributed by atoms with van der Waals surface area (Å²) in [5, 5.41) is 16.3. The van der Waals surface area contributed by atoms with Gasteiger partial charge in [-0.1, -0.05) is 78.4 Å². The lowest BCUT2D eigenvalue weighted by Gasteiger charge is -2.39. The van der Waals surface area contributed by atoms with Gasteiger partial charge in [0.15, 0.2) is 5.82 Å². The normalized spacial score (nSPS) is 16.6. The van der Waals surface area contributed by atoms with Crippen LogP contribution >= 0.6 is 22.9 Å². The molecule has 2 aromatic carbocycles. The molecule has 0 amide bonds. The van der Waals surface area contributed by atoms with Crippen molar-refractivity contribution >= 4 is 27.9 Å². The van der Waals surface area contributed by atoms with Crippen molar-refractivity contribution in [2.24, 2.45) is 0 Å². The van der Waals surface area contributed by atoms with E-state index in [1.54, 1.807) is 4.52 Å². The predicted octanol–water partition coefficient (Wildman–Crippen LogP) is 4.62. The van der Waals surface area contributed by atoms with Crippen LogP contribution in [0.3, 0.4) is 0 Å². The second kappa shape index (κ2) is 9.19. The average Bonchev–Trinajstić information content (AvgIpc) is 3.36. The molecule has 0 spiro atoms. The molecule has 1 saturated heterocycles. The number of benzene rings is 2. The SMILES string of the molecule is CCc1nc2sc(C(c3ccccc3Cl)N3CCN(Cc4ccccc4)CC3)c(O)n2n1. The fraction of sp³-hybridized carbons (Fsp3) is 0.333. The van der Waals surface area contributed by atoms with Gasteiger partial charge in [-0.15, -0.1) is 5.10 Å². The fourth-order valence-corrected chi connectivity index (χ4v) is 5.71. The fourth-order valence-electron chi connectivity index (χ4n) is 4.34. The smallest absolute Gasteiger partial charge is 0.230 e. The molecular formula is C24H26ClN5OS. The van der Waals surface area contributed by atoms with E-state index in [0.717, 1.165) is 55.4 Å². The van der Waals surface area contributed by atoms with Crippen molar-refractivity contribution in [2.75, 3.05) is 26.2 Å². The van der Waals surface area contributed by atoms with Gasteiger partial charge in [0.2, 0.25) is 10.8 Å². The number of hydrogen-bond acceptors (Lipinski definition) is 6. The topological polar surface area (TPSA) is 56.9 Å². The number of aromatic nitrogens is 3. The zero-order chi connectivity index (χ0) is 22.1. The lowest BCUT2D eigenvalue weighted by molar-refractivity contribution is 0.105. The number of aryl methyl sites for hydroxylation is 1. The first kappa shape index (κ1) is 21.4. The van der Waals surface area contributed by atoms with E-state index in [4.69, 9.17) is 11.6 Å². The van der Waals surface area contributed by atoms with Crippen molar-refractivity contribution in [1.82, 2.24) is 24.4 Å². The summed E-state index contributed by atoms with van der Waals surface area (Å²) in [5.41, 5.74) is 2.33. The summed E-state index contributed by atoms with van der Waals surface area (Å²) in [4.78, 5) is 11.0. The quantitative estimate of drug-likeness (QED) is 0.448. The zero-order valence-electron chi connectivity index (χ0n) is 18.0. The number of halogens is 1. The Balaban J connectivity index is 1.44. The highest BCUT2D eigenvalue weighted by atomic mass is 35.5. The number of rotatable bonds is 6. The lowest BCUT2D eigenvalue weighted by atomic mass is 10.0. The molecule has 166 valence electrons. The Morgan fingerprint density at radius 3 is 2.44 bits per heavy atom. The monoisotopic (exact) mass is 467 g/mol. The molecule has 1 fully saturated rings. The third-order valence-electron chi connectivity index (χ3n) is 6.03. The van der Waals surface area contributed by atoms with Crippen LogP contribution in [-0.2, 0) is 13.0 Å². The summed E-state index contributed by atoms with van der Waals surface area (Å²) >= 11 is 8.14. The maximum absolute atomic E-state index is 11.1. The number of thiazole rings is 1. The van der Waals surface area contributed by atoms with Crippen LogP contribution in [0.25, 0.3) is 4.96 Å². The summed E-state index contributed by atoms with van der Waals surface area (Å²) in [5.74, 6) is 0.899. The molecule has 1 unspecified atom stereocenters. The number of hydrogen-bond donors (Lipinski definition) is 1. The maximum Gasteiger partial charge on any atom is 0.230 e. The summed E-state index contributed by atoms with van der Waals surface area (Å²) in [6.07, 6.45) is 0.737. The molecule has 5 rings (SSSR count). The van der Waals surface area contributed by atoms with E-state index in [1.165, 1.54) is 16.9 Å². The van der Waals surface area contributed by atoms with Crippen molar-refractivity contribution in [2.45, 2.75) is 25.9 Å². The van der Waals surface area contributed by atoms with E-state index < -0.39 is 0 Å². The van der Waals surface area contributed by atoms with E-state index in [9.17, 15) is 5.11 Å². The van der Waals surface area contributed by atoms with Gasteiger partial charge in [-0.2, -0.15) is 4.52 Å². The van der Waals surface area contributed by atoms with Gasteiger partial charge >= 0.3 is 0 Å². The Kier molecular flexibility index (Phi) is 6.15. The van der Waals surface area contributed by atoms with Gasteiger partial charge in [-0.3, -0.25) is 9.80 Å². The number of piperazine rings is 1. The molecule has 8 heteroatoms. The Bertz CT molecular complexity index is 1200. The minimum absolute atomic E-state index is 0.138. The maximum atomic E-state index is 11.1. The van der Waals surface area contributed by atoms with Crippen LogP contribution in [0.15, 0.2) is 54.6 Å². The molecule has 1 atom stereocenters. The molecule has 0 saturated carbocycles. The van der Waals surface area contributed by atoms with Crippen LogP contribution in [0.1, 0.15) is 34.8 Å². The molecular weight excluding hydrogens is 442 g/mol. The second-order valence-corrected chi connectivity index (χ2v) is 9.50. The van der Waals surface area contributed by atoms with Crippen molar-refractivity contribution < 1.29 is 5.11 Å². The molecule has 1 aliphatic heterocycles. The minimum Gasteiger partial charge on any atom is -0.492 e. The van der Waals surface area contributed by atoms with Crippen LogP contribution in [0.4, 0.5) is 0 Å². The number of nitrogens with zero attached hydrogens (tertiary/aromatic N) is 5. The number of fused-ring (bicyclic) bond motifs is 1. The first-order chi connectivity index (χ1) is 15.6. The van der Waals surface area contributed by atoms with E-state index in [0.29, 0.717) is 9.98 Å². The van der Waals surface area contributed by atoms with Crippen molar-refractivity contribution in [1.29, 1.82) is 0 Å². The lowest BCUT2D eigenvalue weighted by Crippen LogP contribution is -2.47. The third-order valence-corrected chi connectivity index (χ3v) is 7.45. The Hall–Kier alpha value is -2.45. The van der Waals surface area contributed by atoms with Crippen LogP contribution in [-0.4, -0.2) is 55.7 Å². The van der Waals surface area contributed by atoms with Gasteiger partial charge in [0, 0.05) is 44.2 Å². The van der Waals surface area contributed by atoms with Gasteiger partial charge in [0.05, 0.1) is 10.9 Å². The van der Waals surface area contributed by atoms with E-state index >= 15 is 0 Å². The van der Waals surface area contributed by atoms with Crippen molar-refractivity contribution in [3.05, 3.63) is 81.4 Å².